The molecule has 0 bridgehead atoms. The summed E-state index contributed by atoms with van der Waals surface area (Å²) in [5, 5.41) is 0. The fourth-order valence-corrected chi connectivity index (χ4v) is 3.51. The van der Waals surface area contributed by atoms with Crippen LogP contribution in [0.15, 0.2) is 0 Å². The average molecular weight is 326 g/mol. The standard InChI is InChI=1S/C21H43NO/c1-2-3-4-5-6-7-8-9-10-11-12-13-14-15-16-17-18-22-19-20-23-21-22/h2-21H2,1H3. The Morgan fingerprint density at radius 1 is 0.609 bits per heavy atom. The first-order chi connectivity index (χ1) is 11.4. The van der Waals surface area contributed by atoms with Crippen molar-refractivity contribution in [2.75, 3.05) is 26.4 Å². The molecule has 1 aliphatic rings. The number of rotatable bonds is 17. The highest BCUT2D eigenvalue weighted by molar-refractivity contribution is 4.58. The van der Waals surface area contributed by atoms with E-state index in [-0.39, 0.29) is 0 Å². The third-order valence-electron chi connectivity index (χ3n) is 5.15. The number of nitrogens with zero attached hydrogens (tertiary/aromatic N) is 1. The van der Waals surface area contributed by atoms with Gasteiger partial charge in [0.2, 0.25) is 0 Å². The second-order valence-corrected chi connectivity index (χ2v) is 7.46. The molecule has 2 nitrogen and oxygen atoms in total. The summed E-state index contributed by atoms with van der Waals surface area (Å²) >= 11 is 0. The Morgan fingerprint density at radius 2 is 1.04 bits per heavy atom. The lowest BCUT2D eigenvalue weighted by atomic mass is 10.0. The zero-order valence-electron chi connectivity index (χ0n) is 16.0. The number of unbranched alkanes of at least 4 members (excludes halogenated alkanes) is 15. The smallest absolute Gasteiger partial charge is 0.0991 e. The summed E-state index contributed by atoms with van der Waals surface area (Å²) in [6, 6.07) is 0. The minimum absolute atomic E-state index is 0.874. The van der Waals surface area contributed by atoms with Crippen LogP contribution in [0.4, 0.5) is 0 Å². The molecule has 0 atom stereocenters. The van der Waals surface area contributed by atoms with Crippen LogP contribution in [0.5, 0.6) is 0 Å². The van der Waals surface area contributed by atoms with Gasteiger partial charge >= 0.3 is 0 Å². The number of hydrogen-bond acceptors (Lipinski definition) is 2. The number of hydrogen-bond donors (Lipinski definition) is 0. The maximum Gasteiger partial charge on any atom is 0.0991 e. The maximum absolute atomic E-state index is 5.36. The predicted octanol–water partition coefficient (Wildman–Crippen LogP) is 6.54. The summed E-state index contributed by atoms with van der Waals surface area (Å²) in [7, 11) is 0. The second kappa shape index (κ2) is 16.8. The van der Waals surface area contributed by atoms with E-state index in [0.29, 0.717) is 0 Å². The first-order valence-corrected chi connectivity index (χ1v) is 10.7. The van der Waals surface area contributed by atoms with Crippen molar-refractivity contribution in [1.82, 2.24) is 4.90 Å². The summed E-state index contributed by atoms with van der Waals surface area (Å²) in [5.74, 6) is 0. The van der Waals surface area contributed by atoms with Crippen molar-refractivity contribution in [2.45, 2.75) is 110 Å². The van der Waals surface area contributed by atoms with Gasteiger partial charge in [-0.15, -0.1) is 0 Å². The van der Waals surface area contributed by atoms with E-state index in [2.05, 4.69) is 11.8 Å². The highest BCUT2D eigenvalue weighted by atomic mass is 16.5. The molecule has 1 fully saturated rings. The van der Waals surface area contributed by atoms with Crippen LogP contribution < -0.4 is 0 Å². The molecule has 0 radical (unpaired) electrons. The van der Waals surface area contributed by atoms with Gasteiger partial charge in [0.05, 0.1) is 13.3 Å². The van der Waals surface area contributed by atoms with Crippen LogP contribution in [-0.2, 0) is 4.74 Å². The molecule has 0 unspecified atom stereocenters. The zero-order valence-corrected chi connectivity index (χ0v) is 16.0. The quantitative estimate of drug-likeness (QED) is 0.282. The Kier molecular flexibility index (Phi) is 15.3. The van der Waals surface area contributed by atoms with E-state index in [0.717, 1.165) is 19.9 Å². The van der Waals surface area contributed by atoms with Crippen molar-refractivity contribution in [3.63, 3.8) is 0 Å². The molecule has 23 heavy (non-hydrogen) atoms. The molecular formula is C21H43NO. The van der Waals surface area contributed by atoms with Gasteiger partial charge in [-0.1, -0.05) is 103 Å². The van der Waals surface area contributed by atoms with Gasteiger partial charge in [0.25, 0.3) is 0 Å². The Hall–Kier alpha value is -0.0800. The minimum atomic E-state index is 0.874. The Labute approximate surface area is 146 Å². The lowest BCUT2D eigenvalue weighted by Gasteiger charge is -2.11. The van der Waals surface area contributed by atoms with Crippen LogP contribution in [0.3, 0.4) is 0 Å². The van der Waals surface area contributed by atoms with E-state index in [1.54, 1.807) is 0 Å². The van der Waals surface area contributed by atoms with Crippen molar-refractivity contribution in [1.29, 1.82) is 0 Å². The molecule has 138 valence electrons. The molecule has 0 aromatic carbocycles. The monoisotopic (exact) mass is 325 g/mol. The van der Waals surface area contributed by atoms with Crippen LogP contribution in [-0.4, -0.2) is 31.3 Å². The first-order valence-electron chi connectivity index (χ1n) is 10.7. The molecule has 0 aliphatic carbocycles. The molecule has 1 rings (SSSR count). The topological polar surface area (TPSA) is 12.5 Å². The third kappa shape index (κ3) is 14.0. The van der Waals surface area contributed by atoms with Crippen LogP contribution in [0.25, 0.3) is 0 Å². The van der Waals surface area contributed by atoms with E-state index in [1.807, 2.05) is 0 Å². The van der Waals surface area contributed by atoms with Crippen molar-refractivity contribution >= 4 is 0 Å². The molecular weight excluding hydrogens is 282 g/mol. The summed E-state index contributed by atoms with van der Waals surface area (Å²) in [6.45, 7) is 6.51. The average Bonchev–Trinajstić information content (AvgIpc) is 3.08. The zero-order chi connectivity index (χ0) is 16.4. The summed E-state index contributed by atoms with van der Waals surface area (Å²) in [4.78, 5) is 2.43. The molecule has 1 heterocycles. The fourth-order valence-electron chi connectivity index (χ4n) is 3.51. The van der Waals surface area contributed by atoms with Gasteiger partial charge in [-0.25, -0.2) is 0 Å². The lowest BCUT2D eigenvalue weighted by molar-refractivity contribution is 0.139. The van der Waals surface area contributed by atoms with Gasteiger partial charge in [-0.2, -0.15) is 0 Å². The third-order valence-corrected chi connectivity index (χ3v) is 5.15. The van der Waals surface area contributed by atoms with Gasteiger partial charge in [0.1, 0.15) is 0 Å². The molecule has 2 heteroatoms. The van der Waals surface area contributed by atoms with Crippen molar-refractivity contribution in [3.05, 3.63) is 0 Å². The van der Waals surface area contributed by atoms with Gasteiger partial charge in [0, 0.05) is 13.1 Å². The van der Waals surface area contributed by atoms with E-state index < -0.39 is 0 Å². The molecule has 0 aromatic heterocycles. The summed E-state index contributed by atoms with van der Waals surface area (Å²) < 4.78 is 5.36. The van der Waals surface area contributed by atoms with Crippen LogP contribution >= 0.6 is 0 Å². The molecule has 1 aliphatic heterocycles. The van der Waals surface area contributed by atoms with E-state index in [1.165, 1.54) is 109 Å². The number of ether oxygens (including phenoxy) is 1. The lowest BCUT2D eigenvalue weighted by Crippen LogP contribution is -2.20. The largest absolute Gasteiger partial charge is 0.365 e. The molecule has 0 spiro atoms. The molecule has 0 N–H and O–H groups in total. The highest BCUT2D eigenvalue weighted by Gasteiger charge is 2.10. The van der Waals surface area contributed by atoms with Crippen LogP contribution in [0.1, 0.15) is 110 Å². The molecule has 0 saturated carbocycles. The van der Waals surface area contributed by atoms with Crippen molar-refractivity contribution in [3.8, 4) is 0 Å². The van der Waals surface area contributed by atoms with Crippen LogP contribution in [0.2, 0.25) is 0 Å². The maximum atomic E-state index is 5.36. The highest BCUT2D eigenvalue weighted by Crippen LogP contribution is 2.14. The minimum Gasteiger partial charge on any atom is -0.365 e. The molecule has 0 aromatic rings. The van der Waals surface area contributed by atoms with Gasteiger partial charge in [0.15, 0.2) is 0 Å². The second-order valence-electron chi connectivity index (χ2n) is 7.46. The van der Waals surface area contributed by atoms with Crippen molar-refractivity contribution < 1.29 is 4.74 Å². The Morgan fingerprint density at radius 3 is 1.43 bits per heavy atom. The van der Waals surface area contributed by atoms with Gasteiger partial charge in [-0.05, 0) is 6.42 Å². The predicted molar refractivity (Wildman–Crippen MR) is 102 cm³/mol. The molecule has 1 saturated heterocycles. The van der Waals surface area contributed by atoms with Gasteiger partial charge < -0.3 is 4.74 Å². The fraction of sp³-hybridized carbons (Fsp3) is 1.00. The normalized spacial score (nSPS) is 15.5. The van der Waals surface area contributed by atoms with E-state index in [9.17, 15) is 0 Å². The van der Waals surface area contributed by atoms with Crippen molar-refractivity contribution in [2.24, 2.45) is 0 Å². The van der Waals surface area contributed by atoms with E-state index >= 15 is 0 Å². The SMILES string of the molecule is CCCCCCCCCCCCCCCCCCN1CCOC1. The van der Waals surface area contributed by atoms with Crippen LogP contribution in [0, 0.1) is 0 Å². The molecule has 0 amide bonds. The van der Waals surface area contributed by atoms with E-state index in [4.69, 9.17) is 4.74 Å². The van der Waals surface area contributed by atoms with Gasteiger partial charge in [-0.3, -0.25) is 4.90 Å². The summed E-state index contributed by atoms with van der Waals surface area (Å²) in [5.41, 5.74) is 0. The summed E-state index contributed by atoms with van der Waals surface area (Å²) in [6.07, 6.45) is 23.2. The Bertz CT molecular complexity index is 226. The Balaban J connectivity index is 1.64. The first kappa shape index (κ1) is 21.0.